The maximum absolute atomic E-state index is 11.8. The number of carbonyl (C=O) groups is 1. The summed E-state index contributed by atoms with van der Waals surface area (Å²) in [6.45, 7) is 0.244. The van der Waals surface area contributed by atoms with Crippen molar-refractivity contribution in [2.24, 2.45) is 5.92 Å². The summed E-state index contributed by atoms with van der Waals surface area (Å²) in [4.78, 5) is 11.8. The summed E-state index contributed by atoms with van der Waals surface area (Å²) in [6.07, 6.45) is 0.152. The first-order valence-corrected chi connectivity index (χ1v) is 7.70. The predicted molar refractivity (Wildman–Crippen MR) is 68.1 cm³/mol. The first-order chi connectivity index (χ1) is 9.53. The number of benzene rings is 1. The Hall–Kier alpha value is -1.44. The molecule has 1 saturated carbocycles. The van der Waals surface area contributed by atoms with Crippen molar-refractivity contribution in [1.82, 2.24) is 0 Å². The van der Waals surface area contributed by atoms with E-state index >= 15 is 0 Å². The van der Waals surface area contributed by atoms with Crippen LogP contribution in [0.2, 0.25) is 0 Å². The van der Waals surface area contributed by atoms with Gasteiger partial charge in [0.1, 0.15) is 12.2 Å². The van der Waals surface area contributed by atoms with Crippen LogP contribution in [0.1, 0.15) is 23.2 Å². The van der Waals surface area contributed by atoms with Gasteiger partial charge in [0.15, 0.2) is 0 Å². The highest BCUT2D eigenvalue weighted by Gasteiger charge is 2.47. The molecule has 0 aromatic heterocycles. The van der Waals surface area contributed by atoms with Gasteiger partial charge in [-0.25, -0.2) is 13.2 Å². The van der Waals surface area contributed by atoms with Gasteiger partial charge in [-0.1, -0.05) is 18.2 Å². The van der Waals surface area contributed by atoms with Crippen LogP contribution in [-0.4, -0.2) is 33.2 Å². The van der Waals surface area contributed by atoms with Crippen molar-refractivity contribution >= 4 is 16.4 Å². The van der Waals surface area contributed by atoms with Gasteiger partial charge in [-0.3, -0.25) is 0 Å². The molecule has 0 radical (unpaired) electrons. The molecule has 1 aliphatic heterocycles. The zero-order valence-electron chi connectivity index (χ0n) is 10.6. The average Bonchev–Trinajstić information content (AvgIpc) is 2.90. The van der Waals surface area contributed by atoms with Gasteiger partial charge in [-0.15, -0.1) is 0 Å². The Morgan fingerprint density at radius 1 is 1.15 bits per heavy atom. The quantitative estimate of drug-likeness (QED) is 0.782. The smallest absolute Gasteiger partial charge is 0.400 e. The van der Waals surface area contributed by atoms with Crippen LogP contribution in [0.4, 0.5) is 0 Å². The first-order valence-electron chi connectivity index (χ1n) is 6.37. The highest BCUT2D eigenvalue weighted by molar-refractivity contribution is 7.82. The molecule has 108 valence electrons. The molecule has 1 heterocycles. The van der Waals surface area contributed by atoms with Gasteiger partial charge in [-0.2, -0.15) is 8.42 Å². The number of carbonyl (C=O) groups excluding carboxylic acids is 1. The molecule has 0 bridgehead atoms. The summed E-state index contributed by atoms with van der Waals surface area (Å²) in [6, 6.07) is 8.73. The summed E-state index contributed by atoms with van der Waals surface area (Å²) in [5.74, 6) is -0.315. The largest absolute Gasteiger partial charge is 0.462 e. The molecule has 2 aliphatic rings. The molecule has 1 aromatic carbocycles. The van der Waals surface area contributed by atoms with Crippen LogP contribution >= 0.6 is 0 Å². The lowest BCUT2D eigenvalue weighted by Gasteiger charge is -2.11. The second-order valence-electron chi connectivity index (χ2n) is 4.98. The highest BCUT2D eigenvalue weighted by atomic mass is 32.3. The minimum Gasteiger partial charge on any atom is -0.462 e. The van der Waals surface area contributed by atoms with Crippen LogP contribution in [-0.2, 0) is 23.5 Å². The fourth-order valence-electron chi connectivity index (χ4n) is 2.57. The fraction of sp³-hybridized carbons (Fsp3) is 0.462. The normalized spacial score (nSPS) is 30.9. The third-order valence-corrected chi connectivity index (χ3v) is 4.45. The van der Waals surface area contributed by atoms with Gasteiger partial charge < -0.3 is 4.74 Å². The van der Waals surface area contributed by atoms with E-state index in [0.29, 0.717) is 18.4 Å². The lowest BCUT2D eigenvalue weighted by molar-refractivity contribution is 0.0428. The predicted octanol–water partition coefficient (Wildman–Crippen LogP) is 1.28. The fourth-order valence-corrected chi connectivity index (χ4v) is 3.63. The molecular formula is C13H14O6S. The van der Waals surface area contributed by atoms with Gasteiger partial charge in [0, 0.05) is 0 Å². The van der Waals surface area contributed by atoms with Crippen LogP contribution < -0.4 is 0 Å². The monoisotopic (exact) mass is 298 g/mol. The van der Waals surface area contributed by atoms with Crippen molar-refractivity contribution in [3.63, 3.8) is 0 Å². The van der Waals surface area contributed by atoms with Crippen LogP contribution in [0, 0.1) is 5.92 Å². The summed E-state index contributed by atoms with van der Waals surface area (Å²) < 4.78 is 37.0. The molecule has 1 saturated heterocycles. The lowest BCUT2D eigenvalue weighted by Crippen LogP contribution is -2.14. The summed E-state index contributed by atoms with van der Waals surface area (Å²) in [5, 5.41) is 0. The van der Waals surface area contributed by atoms with Crippen molar-refractivity contribution in [2.75, 3.05) is 6.61 Å². The molecule has 1 aromatic rings. The molecule has 0 spiro atoms. The van der Waals surface area contributed by atoms with E-state index in [1.807, 2.05) is 6.07 Å². The number of hydrogen-bond acceptors (Lipinski definition) is 6. The molecule has 0 N–H and O–H groups in total. The summed E-state index contributed by atoms with van der Waals surface area (Å²) >= 11 is 0. The lowest BCUT2D eigenvalue weighted by atomic mass is 10.1. The zero-order valence-corrected chi connectivity index (χ0v) is 11.4. The van der Waals surface area contributed by atoms with Crippen molar-refractivity contribution in [3.8, 4) is 0 Å². The molecule has 0 amide bonds. The number of ether oxygens (including phenoxy) is 1. The molecule has 2 unspecified atom stereocenters. The third-order valence-electron chi connectivity index (χ3n) is 3.49. The van der Waals surface area contributed by atoms with Crippen LogP contribution in [0.5, 0.6) is 0 Å². The number of hydrogen-bond donors (Lipinski definition) is 0. The Labute approximate surface area is 117 Å². The molecule has 1 aliphatic carbocycles. The molecule has 3 atom stereocenters. The van der Waals surface area contributed by atoms with Gasteiger partial charge in [-0.05, 0) is 30.9 Å². The van der Waals surface area contributed by atoms with Gasteiger partial charge in [0.05, 0.1) is 12.2 Å². The molecule has 2 fully saturated rings. The molecule has 3 rings (SSSR count). The van der Waals surface area contributed by atoms with Crippen molar-refractivity contribution in [1.29, 1.82) is 0 Å². The van der Waals surface area contributed by atoms with Crippen LogP contribution in [0.15, 0.2) is 30.3 Å². The van der Waals surface area contributed by atoms with Crippen molar-refractivity contribution in [2.45, 2.75) is 25.0 Å². The van der Waals surface area contributed by atoms with E-state index in [1.54, 1.807) is 24.3 Å². The number of fused-ring (bicyclic) bond motifs is 1. The molecular weight excluding hydrogens is 284 g/mol. The van der Waals surface area contributed by atoms with E-state index in [-0.39, 0.29) is 18.5 Å². The maximum atomic E-state index is 11.8. The topological polar surface area (TPSA) is 78.9 Å². The SMILES string of the molecule is O=C(OCC1CC2OS(=O)(=O)O[C@@H]2C1)c1ccccc1. The maximum Gasteiger partial charge on any atom is 0.400 e. The Morgan fingerprint density at radius 2 is 1.75 bits per heavy atom. The zero-order chi connectivity index (χ0) is 14.2. The molecule has 7 heteroatoms. The number of esters is 1. The van der Waals surface area contributed by atoms with E-state index in [9.17, 15) is 13.2 Å². The second kappa shape index (κ2) is 5.16. The standard InChI is InChI=1S/C13H14O6S/c14-13(10-4-2-1-3-5-10)17-8-9-6-11-12(7-9)19-20(15,16)18-11/h1-5,9,11-12H,6-8H2/t9?,11-,12?/m1/s1. The van der Waals surface area contributed by atoms with Gasteiger partial charge in [0.2, 0.25) is 0 Å². The van der Waals surface area contributed by atoms with E-state index in [4.69, 9.17) is 13.1 Å². The first kappa shape index (κ1) is 13.5. The van der Waals surface area contributed by atoms with Crippen molar-refractivity contribution < 1.29 is 26.3 Å². The molecule has 6 nitrogen and oxygen atoms in total. The third kappa shape index (κ3) is 2.84. The Kier molecular flexibility index (Phi) is 3.49. The molecule has 20 heavy (non-hydrogen) atoms. The van der Waals surface area contributed by atoms with E-state index in [0.717, 1.165) is 0 Å². The van der Waals surface area contributed by atoms with Gasteiger partial charge in [0.25, 0.3) is 0 Å². The minimum atomic E-state index is -3.81. The van der Waals surface area contributed by atoms with Crippen molar-refractivity contribution in [3.05, 3.63) is 35.9 Å². The summed E-state index contributed by atoms with van der Waals surface area (Å²) in [7, 11) is -3.81. The average molecular weight is 298 g/mol. The van der Waals surface area contributed by atoms with Gasteiger partial charge >= 0.3 is 16.4 Å². The highest BCUT2D eigenvalue weighted by Crippen LogP contribution is 2.37. The van der Waals surface area contributed by atoms with E-state index in [1.165, 1.54) is 0 Å². The van der Waals surface area contributed by atoms with Crippen LogP contribution in [0.25, 0.3) is 0 Å². The van der Waals surface area contributed by atoms with E-state index in [2.05, 4.69) is 0 Å². The van der Waals surface area contributed by atoms with Crippen LogP contribution in [0.3, 0.4) is 0 Å². The number of rotatable bonds is 3. The minimum absolute atomic E-state index is 0.0631. The Bertz CT molecular complexity index is 577. The Balaban J connectivity index is 1.51. The van der Waals surface area contributed by atoms with E-state index < -0.39 is 22.6 Å². The Morgan fingerprint density at radius 3 is 2.35 bits per heavy atom. The summed E-state index contributed by atoms with van der Waals surface area (Å²) in [5.41, 5.74) is 0.501. The second-order valence-corrected chi connectivity index (χ2v) is 6.18.